The maximum absolute atomic E-state index is 12.3. The zero-order chi connectivity index (χ0) is 15.4. The van der Waals surface area contributed by atoms with Crippen LogP contribution in [0.3, 0.4) is 0 Å². The van der Waals surface area contributed by atoms with E-state index in [-0.39, 0.29) is 16.4 Å². The number of hydrogen-bond acceptors (Lipinski definition) is 5. The van der Waals surface area contributed by atoms with Crippen molar-refractivity contribution in [3.63, 3.8) is 0 Å². The Balaban J connectivity index is 2.23. The van der Waals surface area contributed by atoms with Gasteiger partial charge in [0.15, 0.2) is 0 Å². The fourth-order valence-corrected chi connectivity index (χ4v) is 1.91. The first-order valence-electron chi connectivity index (χ1n) is 5.93. The average molecular weight is 307 g/mol. The van der Waals surface area contributed by atoms with Crippen molar-refractivity contribution in [2.45, 2.75) is 6.54 Å². The third kappa shape index (κ3) is 3.51. The molecule has 0 unspecified atom stereocenters. The minimum Gasteiger partial charge on any atom is -0.337 e. The standard InChI is InChI=1S/C13H11ClN4O3/c1-17(8-9-3-2-4-15-6-9)13(19)11-5-10(18(20)21)7-16-12(11)14/h2-7H,8H2,1H3. The Morgan fingerprint density at radius 3 is 2.86 bits per heavy atom. The number of hydrogen-bond donors (Lipinski definition) is 0. The zero-order valence-corrected chi connectivity index (χ0v) is 11.8. The summed E-state index contributed by atoms with van der Waals surface area (Å²) >= 11 is 5.85. The van der Waals surface area contributed by atoms with Crippen molar-refractivity contribution >= 4 is 23.2 Å². The lowest BCUT2D eigenvalue weighted by molar-refractivity contribution is -0.385. The number of halogens is 1. The van der Waals surface area contributed by atoms with Crippen LogP contribution in [0.4, 0.5) is 5.69 Å². The van der Waals surface area contributed by atoms with Gasteiger partial charge in [-0.25, -0.2) is 4.98 Å². The van der Waals surface area contributed by atoms with Crippen LogP contribution in [-0.2, 0) is 6.54 Å². The number of carbonyl (C=O) groups excluding carboxylic acids is 1. The molecule has 2 heterocycles. The van der Waals surface area contributed by atoms with Gasteiger partial charge in [0.25, 0.3) is 11.6 Å². The molecule has 21 heavy (non-hydrogen) atoms. The minimum absolute atomic E-state index is 0.00254. The monoisotopic (exact) mass is 306 g/mol. The van der Waals surface area contributed by atoms with Gasteiger partial charge in [-0.3, -0.25) is 19.9 Å². The lowest BCUT2D eigenvalue weighted by Crippen LogP contribution is -2.26. The van der Waals surface area contributed by atoms with E-state index in [1.807, 2.05) is 6.07 Å². The van der Waals surface area contributed by atoms with Crippen molar-refractivity contribution in [2.24, 2.45) is 0 Å². The molecule has 0 saturated heterocycles. The van der Waals surface area contributed by atoms with Crippen LogP contribution in [0.2, 0.25) is 5.15 Å². The lowest BCUT2D eigenvalue weighted by atomic mass is 10.2. The Labute approximate surface area is 125 Å². The fourth-order valence-electron chi connectivity index (χ4n) is 1.73. The maximum atomic E-state index is 12.3. The van der Waals surface area contributed by atoms with Gasteiger partial charge in [0, 0.05) is 32.1 Å². The highest BCUT2D eigenvalue weighted by atomic mass is 35.5. The first-order chi connectivity index (χ1) is 9.99. The van der Waals surface area contributed by atoms with E-state index in [2.05, 4.69) is 9.97 Å². The molecule has 2 aromatic heterocycles. The molecular formula is C13H11ClN4O3. The number of aromatic nitrogens is 2. The SMILES string of the molecule is CN(Cc1cccnc1)C(=O)c1cc([N+](=O)[O-])cnc1Cl. The summed E-state index contributed by atoms with van der Waals surface area (Å²) in [6, 6.07) is 4.71. The second-order valence-corrected chi connectivity index (χ2v) is 4.67. The fraction of sp³-hybridized carbons (Fsp3) is 0.154. The van der Waals surface area contributed by atoms with Gasteiger partial charge in [0.1, 0.15) is 11.3 Å². The summed E-state index contributed by atoms with van der Waals surface area (Å²) in [6.07, 6.45) is 4.28. The second kappa shape index (κ2) is 6.27. The molecule has 2 rings (SSSR count). The molecule has 0 radical (unpaired) electrons. The van der Waals surface area contributed by atoms with E-state index < -0.39 is 10.8 Å². The Morgan fingerprint density at radius 2 is 2.24 bits per heavy atom. The highest BCUT2D eigenvalue weighted by molar-refractivity contribution is 6.32. The molecule has 0 bridgehead atoms. The zero-order valence-electron chi connectivity index (χ0n) is 11.1. The predicted molar refractivity (Wildman–Crippen MR) is 75.9 cm³/mol. The molecule has 0 spiro atoms. The van der Waals surface area contributed by atoms with Crippen molar-refractivity contribution in [2.75, 3.05) is 7.05 Å². The number of nitrogens with zero attached hydrogens (tertiary/aromatic N) is 4. The van der Waals surface area contributed by atoms with Gasteiger partial charge in [0.2, 0.25) is 0 Å². The van der Waals surface area contributed by atoms with Crippen LogP contribution in [0.1, 0.15) is 15.9 Å². The molecule has 0 aliphatic rings. The molecule has 7 nitrogen and oxygen atoms in total. The third-order valence-electron chi connectivity index (χ3n) is 2.76. The van der Waals surface area contributed by atoms with Crippen molar-refractivity contribution < 1.29 is 9.72 Å². The smallest absolute Gasteiger partial charge is 0.288 e. The Hall–Kier alpha value is -2.54. The molecule has 0 atom stereocenters. The number of rotatable bonds is 4. The van der Waals surface area contributed by atoms with Gasteiger partial charge in [-0.05, 0) is 11.6 Å². The van der Waals surface area contributed by atoms with E-state index in [1.165, 1.54) is 4.90 Å². The minimum atomic E-state index is -0.624. The van der Waals surface area contributed by atoms with Crippen LogP contribution >= 0.6 is 11.6 Å². The van der Waals surface area contributed by atoms with E-state index in [0.717, 1.165) is 17.8 Å². The number of amides is 1. The molecule has 0 N–H and O–H groups in total. The Bertz CT molecular complexity index is 678. The average Bonchev–Trinajstić information content (AvgIpc) is 2.47. The normalized spacial score (nSPS) is 10.2. The quantitative estimate of drug-likeness (QED) is 0.491. The van der Waals surface area contributed by atoms with Crippen molar-refractivity contribution in [3.8, 4) is 0 Å². The van der Waals surface area contributed by atoms with E-state index >= 15 is 0 Å². The summed E-state index contributed by atoms with van der Waals surface area (Å²) in [7, 11) is 1.57. The van der Waals surface area contributed by atoms with Gasteiger partial charge in [-0.2, -0.15) is 0 Å². The van der Waals surface area contributed by atoms with Gasteiger partial charge in [0.05, 0.1) is 10.5 Å². The molecular weight excluding hydrogens is 296 g/mol. The molecule has 8 heteroatoms. The van der Waals surface area contributed by atoms with E-state index in [0.29, 0.717) is 6.54 Å². The third-order valence-corrected chi connectivity index (χ3v) is 3.06. The Kier molecular flexibility index (Phi) is 4.44. The number of carbonyl (C=O) groups is 1. The first-order valence-corrected chi connectivity index (χ1v) is 6.31. The summed E-state index contributed by atoms with van der Waals surface area (Å²) < 4.78 is 0. The number of pyridine rings is 2. The van der Waals surface area contributed by atoms with Crippen molar-refractivity contribution in [3.05, 3.63) is 63.2 Å². The molecule has 2 aromatic rings. The highest BCUT2D eigenvalue weighted by Crippen LogP contribution is 2.21. The molecule has 0 aliphatic heterocycles. The molecule has 1 amide bonds. The summed E-state index contributed by atoms with van der Waals surface area (Å²) in [5.74, 6) is -0.444. The van der Waals surface area contributed by atoms with Crippen LogP contribution in [0.25, 0.3) is 0 Å². The van der Waals surface area contributed by atoms with Crippen LogP contribution < -0.4 is 0 Å². The largest absolute Gasteiger partial charge is 0.337 e. The lowest BCUT2D eigenvalue weighted by Gasteiger charge is -2.17. The predicted octanol–water partition coefficient (Wildman–Crippen LogP) is 2.31. The van der Waals surface area contributed by atoms with E-state index in [4.69, 9.17) is 11.6 Å². The molecule has 0 aliphatic carbocycles. The molecule has 0 fully saturated rings. The summed E-state index contributed by atoms with van der Waals surface area (Å²) in [4.78, 5) is 31.4. The van der Waals surface area contributed by atoms with Crippen molar-refractivity contribution in [1.29, 1.82) is 0 Å². The highest BCUT2D eigenvalue weighted by Gasteiger charge is 2.20. The summed E-state index contributed by atoms with van der Waals surface area (Å²) in [6.45, 7) is 0.311. The topological polar surface area (TPSA) is 89.2 Å². The van der Waals surface area contributed by atoms with Crippen LogP contribution in [0.5, 0.6) is 0 Å². The Morgan fingerprint density at radius 1 is 1.48 bits per heavy atom. The molecule has 0 saturated carbocycles. The van der Waals surface area contributed by atoms with Crippen molar-refractivity contribution in [1.82, 2.24) is 14.9 Å². The van der Waals surface area contributed by atoms with Gasteiger partial charge in [-0.15, -0.1) is 0 Å². The first kappa shape index (κ1) is 14.9. The van der Waals surface area contributed by atoms with Gasteiger partial charge in [-0.1, -0.05) is 17.7 Å². The van der Waals surface area contributed by atoms with E-state index in [9.17, 15) is 14.9 Å². The van der Waals surface area contributed by atoms with Crippen LogP contribution in [0, 0.1) is 10.1 Å². The summed E-state index contributed by atoms with van der Waals surface area (Å²) in [5, 5.41) is 10.7. The van der Waals surface area contributed by atoms with Crippen LogP contribution in [0.15, 0.2) is 36.8 Å². The molecule has 108 valence electrons. The summed E-state index contributed by atoms with van der Waals surface area (Å²) in [5.41, 5.74) is 0.553. The van der Waals surface area contributed by atoms with Crippen LogP contribution in [-0.4, -0.2) is 32.7 Å². The van der Waals surface area contributed by atoms with Gasteiger partial charge >= 0.3 is 0 Å². The van der Waals surface area contributed by atoms with Gasteiger partial charge < -0.3 is 4.90 Å². The maximum Gasteiger partial charge on any atom is 0.288 e. The van der Waals surface area contributed by atoms with E-state index in [1.54, 1.807) is 25.5 Å². The number of nitro groups is 1. The second-order valence-electron chi connectivity index (χ2n) is 4.31. The molecule has 0 aromatic carbocycles.